The van der Waals surface area contributed by atoms with E-state index in [0.717, 1.165) is 50.0 Å². The molecule has 22 heteroatoms. The molecule has 374 valence electrons. The van der Waals surface area contributed by atoms with E-state index in [2.05, 4.69) is 66.6 Å². The van der Waals surface area contributed by atoms with E-state index in [4.69, 9.17) is 4.74 Å². The molecule has 3 aliphatic rings. The van der Waals surface area contributed by atoms with Gasteiger partial charge in [0.05, 0.1) is 39.7 Å². The number of hydrogen-bond donors (Lipinski definition) is 3. The first-order valence-electron chi connectivity index (χ1n) is 23.3. The monoisotopic (exact) mass is 1060 g/mol. The highest BCUT2D eigenvalue weighted by Gasteiger charge is 2.34. The number of amides is 2. The van der Waals surface area contributed by atoms with Crippen LogP contribution in [0.4, 0.5) is 50.8 Å². The highest BCUT2D eigenvalue weighted by atomic mass is 79.9. The van der Waals surface area contributed by atoms with Gasteiger partial charge in [-0.25, -0.2) is 13.8 Å². The minimum absolute atomic E-state index is 0.0254. The van der Waals surface area contributed by atoms with Gasteiger partial charge in [0.2, 0.25) is 17.8 Å². The Morgan fingerprint density at radius 1 is 0.901 bits per heavy atom. The Morgan fingerprint density at radius 2 is 1.63 bits per heavy atom. The smallest absolute Gasteiger partial charge is 0.422 e. The van der Waals surface area contributed by atoms with Gasteiger partial charge in [-0.1, -0.05) is 18.2 Å². The number of ether oxygens (including phenoxy) is 1. The highest BCUT2D eigenvalue weighted by molar-refractivity contribution is 9.10. The number of aryl methyl sites for hydroxylation is 1. The van der Waals surface area contributed by atoms with Crippen molar-refractivity contribution in [1.29, 1.82) is 0 Å². The lowest BCUT2D eigenvalue weighted by molar-refractivity contribution is -0.153. The molecule has 2 amide bonds. The zero-order valence-corrected chi connectivity index (χ0v) is 41.7. The first kappa shape index (κ1) is 49.9. The van der Waals surface area contributed by atoms with E-state index in [-0.39, 0.29) is 41.8 Å². The molecular formula is C49H52BrF5N11O4P. The first-order chi connectivity index (χ1) is 33.9. The lowest BCUT2D eigenvalue weighted by atomic mass is 9.89. The highest BCUT2D eigenvalue weighted by Crippen LogP contribution is 2.44. The van der Waals surface area contributed by atoms with Gasteiger partial charge in [0, 0.05) is 117 Å². The first-order valence-corrected chi connectivity index (χ1v) is 26.7. The number of pyridine rings is 1. The predicted octanol–water partition coefficient (Wildman–Crippen LogP) is 8.49. The van der Waals surface area contributed by atoms with E-state index in [1.54, 1.807) is 49.6 Å². The van der Waals surface area contributed by atoms with Gasteiger partial charge in [-0.05, 0) is 84.8 Å². The van der Waals surface area contributed by atoms with Crippen molar-refractivity contribution in [2.45, 2.75) is 50.2 Å². The summed E-state index contributed by atoms with van der Waals surface area (Å²) >= 11 is 3.51. The molecule has 6 heterocycles. The van der Waals surface area contributed by atoms with Crippen LogP contribution in [0.3, 0.4) is 0 Å². The fourth-order valence-corrected chi connectivity index (χ4v) is 11.5. The summed E-state index contributed by atoms with van der Waals surface area (Å²) in [6.45, 7) is 6.78. The number of aromatic nitrogens is 5. The minimum Gasteiger partial charge on any atom is -0.482 e. The summed E-state index contributed by atoms with van der Waals surface area (Å²) in [5.74, 6) is -3.46. The number of piperazine rings is 1. The van der Waals surface area contributed by atoms with E-state index in [1.807, 2.05) is 30.5 Å². The summed E-state index contributed by atoms with van der Waals surface area (Å²) < 4.78 is 93.1. The van der Waals surface area contributed by atoms with Crippen LogP contribution in [0.1, 0.15) is 42.7 Å². The van der Waals surface area contributed by atoms with E-state index >= 15 is 8.78 Å². The number of rotatable bonds is 14. The molecule has 3 aromatic heterocycles. The van der Waals surface area contributed by atoms with Crippen LogP contribution in [-0.4, -0.2) is 124 Å². The van der Waals surface area contributed by atoms with Crippen molar-refractivity contribution in [1.82, 2.24) is 39.8 Å². The number of carbonyl (C=O) groups excluding carboxylic acids is 2. The zero-order chi connectivity index (χ0) is 50.2. The molecule has 71 heavy (non-hydrogen) atoms. The number of halogens is 6. The maximum Gasteiger partial charge on any atom is 0.422 e. The molecule has 3 saturated heterocycles. The molecule has 3 aromatic carbocycles. The van der Waals surface area contributed by atoms with Crippen molar-refractivity contribution in [3.8, 4) is 16.9 Å². The van der Waals surface area contributed by atoms with Crippen LogP contribution in [0.25, 0.3) is 22.0 Å². The second kappa shape index (κ2) is 20.6. The summed E-state index contributed by atoms with van der Waals surface area (Å²) in [5.41, 5.74) is 3.68. The van der Waals surface area contributed by atoms with Crippen LogP contribution in [0.2, 0.25) is 0 Å². The lowest BCUT2D eigenvalue weighted by Crippen LogP contribution is -2.53. The average molecular weight is 1060 g/mol. The number of piperidine rings is 2. The number of alkyl halides is 3. The maximum atomic E-state index is 15.2. The van der Waals surface area contributed by atoms with Crippen molar-refractivity contribution in [3.05, 3.63) is 101 Å². The quantitative estimate of drug-likeness (QED) is 0.0542. The number of fused-ring (bicyclic) bond motifs is 1. The predicted molar refractivity (Wildman–Crippen MR) is 266 cm³/mol. The second-order valence-electron chi connectivity index (χ2n) is 18.5. The maximum absolute atomic E-state index is 15.2. The average Bonchev–Trinajstić information content (AvgIpc) is 3.77. The molecule has 15 nitrogen and oxygen atoms in total. The molecule has 1 unspecified atom stereocenters. The van der Waals surface area contributed by atoms with Gasteiger partial charge < -0.3 is 29.7 Å². The molecule has 9 rings (SSSR count). The molecular weight excluding hydrogens is 1010 g/mol. The summed E-state index contributed by atoms with van der Waals surface area (Å²) in [7, 11) is -1.08. The van der Waals surface area contributed by atoms with Gasteiger partial charge in [0.15, 0.2) is 6.61 Å². The number of carbonyl (C=O) groups is 2. The summed E-state index contributed by atoms with van der Waals surface area (Å²) in [4.78, 5) is 44.4. The summed E-state index contributed by atoms with van der Waals surface area (Å²) in [6, 6.07) is 13.6. The van der Waals surface area contributed by atoms with E-state index in [1.165, 1.54) is 18.3 Å². The minimum atomic E-state index is -4.63. The van der Waals surface area contributed by atoms with Crippen molar-refractivity contribution in [2.24, 2.45) is 7.05 Å². The molecule has 0 bridgehead atoms. The molecule has 0 radical (unpaired) electrons. The Hall–Kier alpha value is -6.02. The van der Waals surface area contributed by atoms with Crippen LogP contribution in [0, 0.1) is 11.6 Å². The normalized spacial score (nSPS) is 17.7. The molecule has 3 fully saturated rings. The third kappa shape index (κ3) is 11.5. The van der Waals surface area contributed by atoms with Gasteiger partial charge in [-0.15, -0.1) is 0 Å². The molecule has 3 N–H and O–H groups in total. The van der Waals surface area contributed by atoms with Gasteiger partial charge in [-0.2, -0.15) is 23.3 Å². The van der Waals surface area contributed by atoms with Gasteiger partial charge >= 0.3 is 6.18 Å². The van der Waals surface area contributed by atoms with Crippen molar-refractivity contribution in [3.63, 3.8) is 0 Å². The number of imide groups is 1. The fraction of sp³-hybridized carbons (Fsp3) is 0.388. The Morgan fingerprint density at radius 3 is 2.31 bits per heavy atom. The number of nitrogens with zero attached hydrogens (tertiary/aromatic N) is 8. The largest absolute Gasteiger partial charge is 0.482 e. The van der Waals surface area contributed by atoms with Crippen LogP contribution in [-0.2, 0) is 27.6 Å². The van der Waals surface area contributed by atoms with Crippen LogP contribution in [0.15, 0.2) is 77.8 Å². The van der Waals surface area contributed by atoms with Crippen molar-refractivity contribution in [2.75, 3.05) is 81.3 Å². The molecule has 0 spiro atoms. The number of nitrogens with one attached hydrogen (secondary N) is 3. The molecule has 3 aliphatic heterocycles. The van der Waals surface area contributed by atoms with Gasteiger partial charge in [-0.3, -0.25) is 29.5 Å². The van der Waals surface area contributed by atoms with Crippen molar-refractivity contribution < 1.29 is 40.8 Å². The summed E-state index contributed by atoms with van der Waals surface area (Å²) in [5, 5.41) is 14.3. The second-order valence-corrected chi connectivity index (χ2v) is 22.5. The third-order valence-corrected chi connectivity index (χ3v) is 15.3. The van der Waals surface area contributed by atoms with Gasteiger partial charge in [0.1, 0.15) is 30.3 Å². The van der Waals surface area contributed by atoms with Crippen LogP contribution >= 0.6 is 23.1 Å². The SMILES string of the molecule is Cn1cc(-c2cc(Nc3ncc(Br)c(Nc4cnc5ccccc5c4P(C)(C)=O)n3)c(OCC(F)(F)F)cc2N2CCC(N3CCN(CCc4cc(F)c(C5CCC(=O)NC5=O)c(F)c4)CC3)CC2)cn1. The van der Waals surface area contributed by atoms with Crippen LogP contribution in [0.5, 0.6) is 5.75 Å². The zero-order valence-electron chi connectivity index (χ0n) is 39.2. The van der Waals surface area contributed by atoms with Gasteiger partial charge in [0.25, 0.3) is 0 Å². The van der Waals surface area contributed by atoms with E-state index in [0.29, 0.717) is 69.7 Å². The summed E-state index contributed by atoms with van der Waals surface area (Å²) in [6.07, 6.45) is 4.10. The van der Waals surface area contributed by atoms with E-state index in [9.17, 15) is 27.3 Å². The number of benzene rings is 3. The molecule has 0 saturated carbocycles. The Kier molecular flexibility index (Phi) is 14.5. The third-order valence-electron chi connectivity index (χ3n) is 13.2. The molecule has 6 aromatic rings. The Labute approximate surface area is 415 Å². The number of para-hydroxylation sites is 1. The fourth-order valence-electron chi connectivity index (χ4n) is 9.75. The standard InChI is InChI=1S/C49H52BrF5N11O4P/c1-63-27-30(24-58-63)34-22-39(60-48-57-25-35(50)46(62-48)59-40-26-56-38-7-5-4-6-32(38)45(40)71(2,3)69)42(70-28-49(53,54)55)23-41(34)66-14-11-31(12-15-66)65-18-16-64(17-19-65)13-10-29-20-36(51)44(37(52)21-29)33-8-9-43(67)61-47(33)68/h4-7,20-27,31,33H,8-19,28H2,1-3H3,(H,61,67,68)(H2,57,59,60,62). The number of anilines is 5. The topological polar surface area (TPSA) is 163 Å². The Balaban J connectivity index is 0.893. The molecule has 0 aliphatic carbocycles. The van der Waals surface area contributed by atoms with E-state index < -0.39 is 49.3 Å². The van der Waals surface area contributed by atoms with Crippen molar-refractivity contribution >= 4 is 79.9 Å². The Bertz CT molecular complexity index is 3010. The van der Waals surface area contributed by atoms with Crippen LogP contribution < -0.4 is 30.9 Å². The molecule has 1 atom stereocenters. The lowest BCUT2D eigenvalue weighted by Gasteiger charge is -2.43. The number of hydrogen-bond acceptors (Lipinski definition) is 13.